The second-order valence-electron chi connectivity index (χ2n) is 3.19. The molecule has 0 bridgehead atoms. The van der Waals surface area contributed by atoms with Gasteiger partial charge in [0.25, 0.3) is 0 Å². The molecule has 2 aromatic rings. The number of benzene rings is 1. The first-order valence-corrected chi connectivity index (χ1v) is 5.47. The number of nitrogens with two attached hydrogens (primary N) is 1. The highest BCUT2D eigenvalue weighted by Crippen LogP contribution is 2.32. The summed E-state index contributed by atoms with van der Waals surface area (Å²) in [4.78, 5) is 0. The summed E-state index contributed by atoms with van der Waals surface area (Å²) in [7, 11) is 0. The van der Waals surface area contributed by atoms with E-state index in [1.165, 1.54) is 4.68 Å². The lowest BCUT2D eigenvalue weighted by Gasteiger charge is -2.08. The maximum Gasteiger partial charge on any atom is 0.169 e. The van der Waals surface area contributed by atoms with Gasteiger partial charge < -0.3 is 5.73 Å². The number of hydrogen-bond donors (Lipinski definition) is 1. The molecule has 0 spiro atoms. The van der Waals surface area contributed by atoms with Crippen LogP contribution in [0.25, 0.3) is 5.69 Å². The molecule has 1 aromatic heterocycles. The first-order valence-electron chi connectivity index (χ1n) is 4.33. The Kier molecular flexibility index (Phi) is 2.97. The van der Waals surface area contributed by atoms with Gasteiger partial charge in [0, 0.05) is 5.02 Å². The van der Waals surface area contributed by atoms with Crippen LogP contribution in [0.2, 0.25) is 15.1 Å². The van der Waals surface area contributed by atoms with Gasteiger partial charge >= 0.3 is 0 Å². The molecule has 0 aliphatic heterocycles. The van der Waals surface area contributed by atoms with Crippen molar-refractivity contribution in [2.45, 2.75) is 6.92 Å². The Morgan fingerprint density at radius 1 is 1.19 bits per heavy atom. The van der Waals surface area contributed by atoms with Crippen molar-refractivity contribution < 1.29 is 0 Å². The Bertz CT molecular complexity index is 527. The van der Waals surface area contributed by atoms with Gasteiger partial charge in [-0.15, -0.1) is 5.10 Å². The van der Waals surface area contributed by atoms with Crippen LogP contribution < -0.4 is 5.73 Å². The van der Waals surface area contributed by atoms with Crippen molar-refractivity contribution in [3.8, 4) is 5.69 Å². The minimum Gasteiger partial charge on any atom is -0.381 e. The summed E-state index contributed by atoms with van der Waals surface area (Å²) in [5.41, 5.74) is 6.80. The highest BCUT2D eigenvalue weighted by Gasteiger charge is 2.14. The number of aromatic nitrogens is 3. The Morgan fingerprint density at radius 2 is 1.75 bits per heavy atom. The van der Waals surface area contributed by atoms with Gasteiger partial charge in [0.1, 0.15) is 5.69 Å². The van der Waals surface area contributed by atoms with Crippen LogP contribution in [-0.4, -0.2) is 15.0 Å². The minimum absolute atomic E-state index is 0.335. The molecule has 1 heterocycles. The van der Waals surface area contributed by atoms with E-state index in [1.54, 1.807) is 19.1 Å². The van der Waals surface area contributed by atoms with Gasteiger partial charge in [-0.05, 0) is 19.1 Å². The predicted molar refractivity (Wildman–Crippen MR) is 65.5 cm³/mol. The lowest BCUT2D eigenvalue weighted by atomic mass is 10.3. The number of nitrogens with zero attached hydrogens (tertiary/aromatic N) is 3. The molecule has 1 aromatic carbocycles. The first kappa shape index (κ1) is 11.5. The third-order valence-electron chi connectivity index (χ3n) is 2.12. The molecular weight excluding hydrogens is 270 g/mol. The zero-order valence-corrected chi connectivity index (χ0v) is 10.5. The van der Waals surface area contributed by atoms with Crippen LogP contribution in [0.5, 0.6) is 0 Å². The van der Waals surface area contributed by atoms with Crippen molar-refractivity contribution in [3.05, 3.63) is 32.9 Å². The van der Waals surface area contributed by atoms with E-state index in [4.69, 9.17) is 40.5 Å². The van der Waals surface area contributed by atoms with Gasteiger partial charge in [0.2, 0.25) is 0 Å². The molecule has 0 radical (unpaired) electrons. The summed E-state index contributed by atoms with van der Waals surface area (Å²) in [5, 5.41) is 8.85. The van der Waals surface area contributed by atoms with Crippen LogP contribution >= 0.6 is 34.8 Å². The number of rotatable bonds is 1. The summed E-state index contributed by atoms with van der Waals surface area (Å²) >= 11 is 17.9. The van der Waals surface area contributed by atoms with E-state index in [0.29, 0.717) is 32.3 Å². The Labute approximate surface area is 107 Å². The smallest absolute Gasteiger partial charge is 0.169 e. The summed E-state index contributed by atoms with van der Waals surface area (Å²) < 4.78 is 1.48. The average molecular weight is 278 g/mol. The SMILES string of the molecule is Cc1c(N)nnn1-c1c(Cl)cc(Cl)cc1Cl. The van der Waals surface area contributed by atoms with Gasteiger partial charge in [-0.25, -0.2) is 4.68 Å². The van der Waals surface area contributed by atoms with Crippen molar-refractivity contribution in [1.29, 1.82) is 0 Å². The molecule has 0 saturated heterocycles. The molecule has 4 nitrogen and oxygen atoms in total. The van der Waals surface area contributed by atoms with Crippen LogP contribution in [0.4, 0.5) is 5.82 Å². The molecule has 0 unspecified atom stereocenters. The van der Waals surface area contributed by atoms with Crippen molar-refractivity contribution in [1.82, 2.24) is 15.0 Å². The van der Waals surface area contributed by atoms with Crippen molar-refractivity contribution >= 4 is 40.6 Å². The average Bonchev–Trinajstić information content (AvgIpc) is 2.48. The van der Waals surface area contributed by atoms with Gasteiger partial charge in [-0.1, -0.05) is 40.0 Å². The van der Waals surface area contributed by atoms with E-state index in [9.17, 15) is 0 Å². The summed E-state index contributed by atoms with van der Waals surface area (Å²) in [5.74, 6) is 0.335. The molecule has 7 heteroatoms. The number of halogens is 3. The molecule has 0 atom stereocenters. The zero-order chi connectivity index (χ0) is 11.9. The van der Waals surface area contributed by atoms with Gasteiger partial charge in [0.15, 0.2) is 5.82 Å². The minimum atomic E-state index is 0.335. The first-order chi connectivity index (χ1) is 7.50. The lowest BCUT2D eigenvalue weighted by Crippen LogP contribution is -2.01. The standard InChI is InChI=1S/C9H7Cl3N4/c1-4-9(13)14-15-16(4)8-6(11)2-5(10)3-7(8)12/h2-3H,13H2,1H3. The van der Waals surface area contributed by atoms with Crippen LogP contribution in [0.1, 0.15) is 5.69 Å². The maximum absolute atomic E-state index is 6.05. The number of anilines is 1. The monoisotopic (exact) mass is 276 g/mol. The Balaban J connectivity index is 2.69. The van der Waals surface area contributed by atoms with Crippen molar-refractivity contribution in [2.75, 3.05) is 5.73 Å². The second kappa shape index (κ2) is 4.13. The third kappa shape index (κ3) is 1.84. The Hall–Kier alpha value is -0.970. The van der Waals surface area contributed by atoms with Crippen molar-refractivity contribution in [3.63, 3.8) is 0 Å². The lowest BCUT2D eigenvalue weighted by molar-refractivity contribution is 0.786. The molecule has 0 aliphatic carbocycles. The number of hydrogen-bond acceptors (Lipinski definition) is 3. The zero-order valence-electron chi connectivity index (χ0n) is 8.21. The predicted octanol–water partition coefficient (Wildman–Crippen LogP) is 3.12. The van der Waals surface area contributed by atoms with E-state index in [-0.39, 0.29) is 0 Å². The highest BCUT2D eigenvalue weighted by molar-refractivity contribution is 6.40. The fourth-order valence-corrected chi connectivity index (χ4v) is 2.27. The molecule has 0 saturated carbocycles. The van der Waals surface area contributed by atoms with Crippen LogP contribution in [0.15, 0.2) is 12.1 Å². The maximum atomic E-state index is 6.05. The number of nitrogen functional groups attached to an aromatic ring is 1. The normalized spacial score (nSPS) is 10.8. The molecule has 0 amide bonds. The molecule has 2 N–H and O–H groups in total. The summed E-state index contributed by atoms with van der Waals surface area (Å²) in [6.45, 7) is 1.77. The molecule has 16 heavy (non-hydrogen) atoms. The van der Waals surface area contributed by atoms with E-state index in [2.05, 4.69) is 10.3 Å². The second-order valence-corrected chi connectivity index (χ2v) is 4.44. The van der Waals surface area contributed by atoms with E-state index in [0.717, 1.165) is 0 Å². The van der Waals surface area contributed by atoms with Gasteiger partial charge in [-0.3, -0.25) is 0 Å². The van der Waals surface area contributed by atoms with E-state index < -0.39 is 0 Å². The van der Waals surface area contributed by atoms with Crippen LogP contribution in [0.3, 0.4) is 0 Å². The summed E-state index contributed by atoms with van der Waals surface area (Å²) in [6, 6.07) is 3.17. The molecular formula is C9H7Cl3N4. The summed E-state index contributed by atoms with van der Waals surface area (Å²) in [6.07, 6.45) is 0. The molecule has 84 valence electrons. The Morgan fingerprint density at radius 3 is 2.19 bits per heavy atom. The van der Waals surface area contributed by atoms with Gasteiger partial charge in [-0.2, -0.15) is 0 Å². The van der Waals surface area contributed by atoms with Crippen molar-refractivity contribution in [2.24, 2.45) is 0 Å². The third-order valence-corrected chi connectivity index (χ3v) is 2.92. The van der Waals surface area contributed by atoms with Crippen LogP contribution in [0, 0.1) is 6.92 Å². The van der Waals surface area contributed by atoms with Crippen LogP contribution in [-0.2, 0) is 0 Å². The molecule has 0 fully saturated rings. The fraction of sp³-hybridized carbons (Fsp3) is 0.111. The molecule has 2 rings (SSSR count). The largest absolute Gasteiger partial charge is 0.381 e. The van der Waals surface area contributed by atoms with E-state index >= 15 is 0 Å². The van der Waals surface area contributed by atoms with Gasteiger partial charge in [0.05, 0.1) is 15.7 Å². The highest BCUT2D eigenvalue weighted by atomic mass is 35.5. The fourth-order valence-electron chi connectivity index (χ4n) is 1.29. The topological polar surface area (TPSA) is 56.7 Å². The van der Waals surface area contributed by atoms with E-state index in [1.807, 2.05) is 0 Å². The quantitative estimate of drug-likeness (QED) is 0.871. The molecule has 0 aliphatic rings.